The summed E-state index contributed by atoms with van der Waals surface area (Å²) in [5.74, 6) is 1.09. The number of amides is 1. The quantitative estimate of drug-likeness (QED) is 0.495. The Bertz CT molecular complexity index is 1350. The molecule has 0 radical (unpaired) electrons. The predicted molar refractivity (Wildman–Crippen MR) is 129 cm³/mol. The number of anilines is 1. The van der Waals surface area contributed by atoms with Crippen LogP contribution in [0.25, 0.3) is 28.2 Å². The highest BCUT2D eigenvalue weighted by Crippen LogP contribution is 2.29. The number of morpholine rings is 1. The number of pyridine rings is 1. The van der Waals surface area contributed by atoms with Crippen LogP contribution in [-0.4, -0.2) is 63.1 Å². The van der Waals surface area contributed by atoms with Crippen LogP contribution in [0.3, 0.4) is 0 Å². The topological polar surface area (TPSA) is 90.1 Å². The van der Waals surface area contributed by atoms with Gasteiger partial charge in [0.1, 0.15) is 5.52 Å². The first-order valence-corrected chi connectivity index (χ1v) is 11.7. The molecule has 1 aromatic carbocycles. The molecule has 0 aliphatic carbocycles. The molecule has 1 atom stereocenters. The Labute approximate surface area is 197 Å². The first-order chi connectivity index (χ1) is 16.6. The third-order valence-corrected chi connectivity index (χ3v) is 6.55. The zero-order chi connectivity index (χ0) is 23.1. The summed E-state index contributed by atoms with van der Waals surface area (Å²) < 4.78 is 9.48. The van der Waals surface area contributed by atoms with Crippen LogP contribution in [0.15, 0.2) is 48.9 Å². The standard InChI is InChI=1S/C25H27N7O2/c1-17-3-2-4-19(11-17)20-5-6-32(29-20)22-13-21(30-7-9-34-10-8-30)24-25(28-22)31(16-27-24)15-18-12-23(33)26-14-18/h2-6,11,13,16,18H,7-10,12,14-15H2,1H3,(H,26,33)/t18-/m1/s1. The summed E-state index contributed by atoms with van der Waals surface area (Å²) in [5.41, 5.74) is 5.90. The highest BCUT2D eigenvalue weighted by molar-refractivity contribution is 5.88. The summed E-state index contributed by atoms with van der Waals surface area (Å²) in [6.45, 7) is 6.46. The molecule has 0 unspecified atom stereocenters. The minimum Gasteiger partial charge on any atom is -0.378 e. The number of aromatic nitrogens is 5. The van der Waals surface area contributed by atoms with Crippen LogP contribution in [0.4, 0.5) is 5.69 Å². The number of carbonyl (C=O) groups excluding carboxylic acids is 1. The molecule has 2 saturated heterocycles. The average molecular weight is 458 g/mol. The summed E-state index contributed by atoms with van der Waals surface area (Å²) in [5, 5.41) is 7.76. The van der Waals surface area contributed by atoms with E-state index in [4.69, 9.17) is 19.8 Å². The third kappa shape index (κ3) is 3.92. The molecule has 6 rings (SSSR count). The molecule has 9 heteroatoms. The van der Waals surface area contributed by atoms with Gasteiger partial charge >= 0.3 is 0 Å². The molecule has 4 aromatic rings. The number of imidazole rings is 1. The second-order valence-corrected chi connectivity index (χ2v) is 9.06. The lowest BCUT2D eigenvalue weighted by Crippen LogP contribution is -2.36. The Kier molecular flexibility index (Phi) is 5.26. The fourth-order valence-electron chi connectivity index (χ4n) is 4.78. The first kappa shape index (κ1) is 20.9. The largest absolute Gasteiger partial charge is 0.378 e. The van der Waals surface area contributed by atoms with Crippen LogP contribution in [-0.2, 0) is 16.1 Å². The summed E-state index contributed by atoms with van der Waals surface area (Å²) in [4.78, 5) is 23.7. The highest BCUT2D eigenvalue weighted by atomic mass is 16.5. The molecule has 2 aliphatic heterocycles. The normalized spacial score (nSPS) is 18.6. The minimum atomic E-state index is 0.109. The van der Waals surface area contributed by atoms with Gasteiger partial charge in [-0.05, 0) is 19.1 Å². The van der Waals surface area contributed by atoms with Gasteiger partial charge in [-0.3, -0.25) is 4.79 Å². The third-order valence-electron chi connectivity index (χ3n) is 6.55. The molecule has 9 nitrogen and oxygen atoms in total. The van der Waals surface area contributed by atoms with E-state index < -0.39 is 0 Å². The molecule has 2 aliphatic rings. The number of benzene rings is 1. The number of ether oxygens (including phenoxy) is 1. The number of hydrogen-bond acceptors (Lipinski definition) is 6. The maximum absolute atomic E-state index is 11.7. The Morgan fingerprint density at radius 3 is 2.85 bits per heavy atom. The fourth-order valence-corrected chi connectivity index (χ4v) is 4.78. The van der Waals surface area contributed by atoms with E-state index >= 15 is 0 Å². The van der Waals surface area contributed by atoms with Gasteiger partial charge < -0.3 is 19.5 Å². The van der Waals surface area contributed by atoms with Gasteiger partial charge in [0.2, 0.25) is 5.91 Å². The number of nitrogens with zero attached hydrogens (tertiary/aromatic N) is 6. The fraction of sp³-hybridized carbons (Fsp3) is 0.360. The van der Waals surface area contributed by atoms with Gasteiger partial charge in [-0.1, -0.05) is 23.8 Å². The number of aryl methyl sites for hydroxylation is 1. The van der Waals surface area contributed by atoms with E-state index in [1.165, 1.54) is 5.56 Å². The van der Waals surface area contributed by atoms with Gasteiger partial charge in [0.25, 0.3) is 0 Å². The lowest BCUT2D eigenvalue weighted by atomic mass is 10.1. The van der Waals surface area contributed by atoms with E-state index in [1.54, 1.807) is 0 Å². The van der Waals surface area contributed by atoms with Gasteiger partial charge in [-0.25, -0.2) is 14.6 Å². The highest BCUT2D eigenvalue weighted by Gasteiger charge is 2.24. The monoisotopic (exact) mass is 457 g/mol. The summed E-state index contributed by atoms with van der Waals surface area (Å²) in [6.07, 6.45) is 4.33. The molecule has 0 bridgehead atoms. The van der Waals surface area contributed by atoms with Crippen molar-refractivity contribution in [3.63, 3.8) is 0 Å². The van der Waals surface area contributed by atoms with E-state index in [1.807, 2.05) is 29.3 Å². The Morgan fingerprint density at radius 2 is 2.06 bits per heavy atom. The van der Waals surface area contributed by atoms with Crippen molar-refractivity contribution in [3.8, 4) is 17.1 Å². The molecule has 1 amide bonds. The number of carbonyl (C=O) groups is 1. The lowest BCUT2D eigenvalue weighted by molar-refractivity contribution is -0.119. The SMILES string of the molecule is Cc1cccc(-c2ccn(-c3cc(N4CCOCC4)c4ncn(C[C@H]5CNC(=O)C5)c4n3)n2)c1. The molecule has 174 valence electrons. The van der Waals surface area contributed by atoms with E-state index in [0.29, 0.717) is 32.7 Å². The maximum atomic E-state index is 11.7. The van der Waals surface area contributed by atoms with Gasteiger partial charge in [-0.2, -0.15) is 5.10 Å². The maximum Gasteiger partial charge on any atom is 0.220 e. The zero-order valence-electron chi connectivity index (χ0n) is 19.1. The van der Waals surface area contributed by atoms with Crippen LogP contribution >= 0.6 is 0 Å². The molecule has 2 fully saturated rings. The van der Waals surface area contributed by atoms with Crippen molar-refractivity contribution >= 4 is 22.8 Å². The van der Waals surface area contributed by atoms with Crippen molar-refractivity contribution in [2.45, 2.75) is 19.9 Å². The second-order valence-electron chi connectivity index (χ2n) is 9.06. The summed E-state index contributed by atoms with van der Waals surface area (Å²) in [7, 11) is 0. The first-order valence-electron chi connectivity index (χ1n) is 11.7. The molecular formula is C25H27N7O2. The van der Waals surface area contributed by atoms with E-state index in [2.05, 4.69) is 46.0 Å². The summed E-state index contributed by atoms with van der Waals surface area (Å²) in [6, 6.07) is 12.4. The van der Waals surface area contributed by atoms with Crippen LogP contribution in [0.2, 0.25) is 0 Å². The zero-order valence-corrected chi connectivity index (χ0v) is 19.1. The van der Waals surface area contributed by atoms with Crippen molar-refractivity contribution < 1.29 is 9.53 Å². The van der Waals surface area contributed by atoms with E-state index in [9.17, 15) is 4.79 Å². The van der Waals surface area contributed by atoms with Gasteiger partial charge in [-0.15, -0.1) is 0 Å². The Balaban J connectivity index is 1.42. The number of hydrogen-bond donors (Lipinski definition) is 1. The van der Waals surface area contributed by atoms with Gasteiger partial charge in [0.05, 0.1) is 30.9 Å². The molecular weight excluding hydrogens is 430 g/mol. The lowest BCUT2D eigenvalue weighted by Gasteiger charge is -2.29. The van der Waals surface area contributed by atoms with Crippen LogP contribution in [0.1, 0.15) is 12.0 Å². The Morgan fingerprint density at radius 1 is 1.18 bits per heavy atom. The molecule has 3 aromatic heterocycles. The smallest absolute Gasteiger partial charge is 0.220 e. The van der Waals surface area contributed by atoms with Gasteiger partial charge in [0, 0.05) is 56.3 Å². The molecule has 34 heavy (non-hydrogen) atoms. The van der Waals surface area contributed by atoms with Crippen molar-refractivity contribution in [2.75, 3.05) is 37.7 Å². The molecule has 0 spiro atoms. The van der Waals surface area contributed by atoms with Crippen LogP contribution in [0.5, 0.6) is 0 Å². The van der Waals surface area contributed by atoms with Crippen molar-refractivity contribution in [2.24, 2.45) is 5.92 Å². The van der Waals surface area contributed by atoms with Crippen LogP contribution < -0.4 is 10.2 Å². The van der Waals surface area contributed by atoms with E-state index in [-0.39, 0.29) is 11.8 Å². The average Bonchev–Trinajstić information content (AvgIpc) is 3.60. The Hall–Kier alpha value is -3.72. The molecule has 1 N–H and O–H groups in total. The van der Waals surface area contributed by atoms with Crippen molar-refractivity contribution in [1.29, 1.82) is 0 Å². The van der Waals surface area contributed by atoms with E-state index in [0.717, 1.165) is 47.0 Å². The predicted octanol–water partition coefficient (Wildman–Crippen LogP) is 2.57. The van der Waals surface area contributed by atoms with Gasteiger partial charge in [0.15, 0.2) is 11.5 Å². The number of rotatable bonds is 5. The van der Waals surface area contributed by atoms with Crippen molar-refractivity contribution in [1.82, 2.24) is 29.6 Å². The molecule has 0 saturated carbocycles. The van der Waals surface area contributed by atoms with Crippen molar-refractivity contribution in [3.05, 3.63) is 54.5 Å². The number of nitrogens with one attached hydrogen (secondary N) is 1. The number of fused-ring (bicyclic) bond motifs is 1. The second kappa shape index (κ2) is 8.57. The molecule has 5 heterocycles. The summed E-state index contributed by atoms with van der Waals surface area (Å²) >= 11 is 0. The van der Waals surface area contributed by atoms with Crippen LogP contribution in [0, 0.1) is 12.8 Å². The minimum absolute atomic E-state index is 0.109.